The fraction of sp³-hybridized carbons (Fsp3) is 0.318. The quantitative estimate of drug-likeness (QED) is 0.198. The number of nitrogens with zero attached hydrogens (tertiary/aromatic N) is 5. The van der Waals surface area contributed by atoms with E-state index < -0.39 is 11.9 Å². The first-order valence-electron chi connectivity index (χ1n) is 19.1. The van der Waals surface area contributed by atoms with E-state index in [1.807, 2.05) is 41.2 Å². The molecular formula is C44H44N6O4. The van der Waals surface area contributed by atoms with Crippen molar-refractivity contribution >= 4 is 23.4 Å². The summed E-state index contributed by atoms with van der Waals surface area (Å²) in [6.07, 6.45) is 6.55. The second-order valence-electron chi connectivity index (χ2n) is 15.1. The molecule has 0 bridgehead atoms. The van der Waals surface area contributed by atoms with Crippen molar-refractivity contribution in [1.82, 2.24) is 24.9 Å². The molecule has 4 aromatic carbocycles. The normalized spacial score (nSPS) is 21.6. The summed E-state index contributed by atoms with van der Waals surface area (Å²) in [5.41, 5.74) is 9.99. The van der Waals surface area contributed by atoms with Gasteiger partial charge in [0.1, 0.15) is 11.8 Å². The molecule has 3 amide bonds. The highest BCUT2D eigenvalue weighted by Gasteiger charge is 2.39. The molecule has 2 fully saturated rings. The van der Waals surface area contributed by atoms with Gasteiger partial charge in [-0.15, -0.1) is 0 Å². The number of carbonyl (C=O) groups is 3. The number of anilines is 1. The fourth-order valence-corrected chi connectivity index (χ4v) is 9.03. The van der Waals surface area contributed by atoms with E-state index in [0.29, 0.717) is 30.2 Å². The van der Waals surface area contributed by atoms with Gasteiger partial charge in [-0.2, -0.15) is 5.10 Å². The van der Waals surface area contributed by atoms with Crippen molar-refractivity contribution in [2.24, 2.45) is 0 Å². The summed E-state index contributed by atoms with van der Waals surface area (Å²) in [5, 5.41) is 17.2. The van der Waals surface area contributed by atoms with Crippen molar-refractivity contribution in [2.45, 2.75) is 56.7 Å². The Morgan fingerprint density at radius 3 is 2.37 bits per heavy atom. The zero-order valence-corrected chi connectivity index (χ0v) is 30.2. The van der Waals surface area contributed by atoms with E-state index in [1.165, 1.54) is 27.9 Å². The van der Waals surface area contributed by atoms with E-state index in [4.69, 9.17) is 0 Å². The SMILES string of the molecule is O=C1CCC(N2Cc3cc(-c4cnn(CCN5CCN(c6ccc([C@@H]7c8ccc(O)cc8CC[C@@H]7c7ccccc7)cc6)CC5)c4)ccc3C2=O)C(=O)N1. The Morgan fingerprint density at radius 2 is 1.57 bits per heavy atom. The van der Waals surface area contributed by atoms with Crippen LogP contribution in [0.2, 0.25) is 0 Å². The van der Waals surface area contributed by atoms with Crippen molar-refractivity contribution in [2.75, 3.05) is 37.6 Å². The van der Waals surface area contributed by atoms with E-state index in [0.717, 1.165) is 68.8 Å². The lowest BCUT2D eigenvalue weighted by atomic mass is 9.69. The molecule has 0 spiro atoms. The lowest BCUT2D eigenvalue weighted by Gasteiger charge is -2.37. The van der Waals surface area contributed by atoms with Crippen LogP contribution in [0.3, 0.4) is 0 Å². The zero-order valence-electron chi connectivity index (χ0n) is 30.2. The summed E-state index contributed by atoms with van der Waals surface area (Å²) < 4.78 is 1.99. The number of aryl methyl sites for hydroxylation is 1. The molecule has 54 heavy (non-hydrogen) atoms. The third-order valence-corrected chi connectivity index (χ3v) is 11.9. The number of nitrogens with one attached hydrogen (secondary N) is 1. The first-order chi connectivity index (χ1) is 26.4. The molecule has 0 radical (unpaired) electrons. The topological polar surface area (TPSA) is 111 Å². The fourth-order valence-electron chi connectivity index (χ4n) is 9.03. The van der Waals surface area contributed by atoms with Gasteiger partial charge in [-0.25, -0.2) is 0 Å². The third kappa shape index (κ3) is 6.55. The van der Waals surface area contributed by atoms with Crippen LogP contribution in [0.4, 0.5) is 5.69 Å². The number of aromatic nitrogens is 2. The predicted octanol–water partition coefficient (Wildman–Crippen LogP) is 5.70. The molecule has 2 N–H and O–H groups in total. The van der Waals surface area contributed by atoms with Gasteiger partial charge in [0.15, 0.2) is 0 Å². The molecular weight excluding hydrogens is 677 g/mol. The van der Waals surface area contributed by atoms with Crippen LogP contribution in [-0.2, 0) is 29.1 Å². The molecule has 1 unspecified atom stereocenters. The molecule has 4 aliphatic rings. The van der Waals surface area contributed by atoms with E-state index in [2.05, 4.69) is 87.1 Å². The Bertz CT molecular complexity index is 2210. The molecule has 1 aromatic heterocycles. The Kier molecular flexibility index (Phi) is 8.98. The van der Waals surface area contributed by atoms with Crippen LogP contribution >= 0.6 is 0 Å². The van der Waals surface area contributed by atoms with Gasteiger partial charge in [-0.3, -0.25) is 29.3 Å². The van der Waals surface area contributed by atoms with Crippen LogP contribution in [0.25, 0.3) is 11.1 Å². The number of benzene rings is 4. The van der Waals surface area contributed by atoms with Crippen molar-refractivity contribution in [3.05, 3.63) is 137 Å². The van der Waals surface area contributed by atoms with Crippen LogP contribution in [0, 0.1) is 0 Å². The second kappa shape index (κ2) is 14.2. The Hall–Kier alpha value is -5.74. The number of imide groups is 1. The van der Waals surface area contributed by atoms with Gasteiger partial charge in [-0.05, 0) is 95.0 Å². The molecule has 4 heterocycles. The molecule has 1 aliphatic carbocycles. The maximum absolute atomic E-state index is 13.1. The van der Waals surface area contributed by atoms with Gasteiger partial charge < -0.3 is 14.9 Å². The largest absolute Gasteiger partial charge is 0.508 e. The van der Waals surface area contributed by atoms with Crippen LogP contribution < -0.4 is 10.2 Å². The van der Waals surface area contributed by atoms with Crippen LogP contribution in [0.5, 0.6) is 5.75 Å². The molecule has 10 heteroatoms. The minimum absolute atomic E-state index is 0.163. The molecule has 0 saturated carbocycles. The van der Waals surface area contributed by atoms with Crippen molar-refractivity contribution in [1.29, 1.82) is 0 Å². The van der Waals surface area contributed by atoms with E-state index in [-0.39, 0.29) is 24.2 Å². The minimum Gasteiger partial charge on any atom is -0.508 e. The highest BCUT2D eigenvalue weighted by atomic mass is 16.3. The standard InChI is InChI=1S/C44H44N6O4/c51-36-12-15-38-32(25-36)9-13-37(29-4-2-1-3-5-29)42(38)30-6-10-35(11-7-30)48-21-18-47(19-22-48)20-23-49-27-34(26-45-49)31-8-14-39-33(24-31)28-50(44(39)54)40-16-17-41(52)46-43(40)53/h1-8,10-12,14-15,24-27,37,40,42,51H,9,13,16-23,28H2,(H,46,52,53)/t37-,40?,42+/m1/s1. The lowest BCUT2D eigenvalue weighted by Crippen LogP contribution is -2.52. The number of hydrogen-bond donors (Lipinski definition) is 2. The molecule has 3 aliphatic heterocycles. The molecule has 9 rings (SSSR count). The average Bonchev–Trinajstić information content (AvgIpc) is 3.81. The number of piperidine rings is 1. The highest BCUT2D eigenvalue weighted by molar-refractivity contribution is 6.05. The van der Waals surface area contributed by atoms with Crippen molar-refractivity contribution in [3.63, 3.8) is 0 Å². The van der Waals surface area contributed by atoms with Crippen molar-refractivity contribution in [3.8, 4) is 16.9 Å². The number of hydrogen-bond acceptors (Lipinski definition) is 7. The van der Waals surface area contributed by atoms with Crippen LogP contribution in [0.1, 0.15) is 69.3 Å². The van der Waals surface area contributed by atoms with Crippen LogP contribution in [-0.4, -0.2) is 81.2 Å². The number of aromatic hydroxyl groups is 1. The number of phenols is 1. The molecule has 274 valence electrons. The number of fused-ring (bicyclic) bond motifs is 2. The first-order valence-corrected chi connectivity index (χ1v) is 19.1. The maximum Gasteiger partial charge on any atom is 0.255 e. The van der Waals surface area contributed by atoms with E-state index >= 15 is 0 Å². The molecule has 5 aromatic rings. The molecule has 2 saturated heterocycles. The van der Waals surface area contributed by atoms with Gasteiger partial charge >= 0.3 is 0 Å². The molecule has 10 nitrogen and oxygen atoms in total. The van der Waals surface area contributed by atoms with E-state index in [1.54, 1.807) is 4.90 Å². The average molecular weight is 721 g/mol. The Labute approximate surface area is 315 Å². The first kappa shape index (κ1) is 34.1. The smallest absolute Gasteiger partial charge is 0.255 e. The van der Waals surface area contributed by atoms with Gasteiger partial charge in [0.25, 0.3) is 5.91 Å². The van der Waals surface area contributed by atoms with Crippen molar-refractivity contribution < 1.29 is 19.5 Å². The summed E-state index contributed by atoms with van der Waals surface area (Å²) in [6.45, 7) is 5.93. The number of amides is 3. The Balaban J connectivity index is 0.805. The zero-order chi connectivity index (χ0) is 36.8. The maximum atomic E-state index is 13.1. The number of carbonyl (C=O) groups excluding carboxylic acids is 3. The van der Waals surface area contributed by atoms with Gasteiger partial charge in [-0.1, -0.05) is 54.6 Å². The summed E-state index contributed by atoms with van der Waals surface area (Å²) >= 11 is 0. The number of rotatable bonds is 8. The minimum atomic E-state index is -0.618. The predicted molar refractivity (Wildman–Crippen MR) is 206 cm³/mol. The molecule has 3 atom stereocenters. The summed E-state index contributed by atoms with van der Waals surface area (Å²) in [6, 6.07) is 31.1. The summed E-state index contributed by atoms with van der Waals surface area (Å²) in [5.74, 6) is 0.127. The lowest BCUT2D eigenvalue weighted by molar-refractivity contribution is -0.136. The monoisotopic (exact) mass is 720 g/mol. The summed E-state index contributed by atoms with van der Waals surface area (Å²) in [4.78, 5) is 43.7. The Morgan fingerprint density at radius 1 is 0.759 bits per heavy atom. The van der Waals surface area contributed by atoms with E-state index in [9.17, 15) is 19.5 Å². The number of phenolic OH excluding ortho intramolecular Hbond substituents is 1. The summed E-state index contributed by atoms with van der Waals surface area (Å²) in [7, 11) is 0. The van der Waals surface area contributed by atoms with Gasteiger partial charge in [0.05, 0.1) is 12.7 Å². The van der Waals surface area contributed by atoms with Gasteiger partial charge in [0, 0.05) is 74.6 Å². The van der Waals surface area contributed by atoms with Gasteiger partial charge in [0.2, 0.25) is 11.8 Å². The second-order valence-corrected chi connectivity index (χ2v) is 15.1. The third-order valence-electron chi connectivity index (χ3n) is 11.9. The highest BCUT2D eigenvalue weighted by Crippen LogP contribution is 2.47. The van der Waals surface area contributed by atoms with Crippen LogP contribution in [0.15, 0.2) is 103 Å². The number of piperazine rings is 1.